The second-order valence-corrected chi connectivity index (χ2v) is 20.9. The van der Waals surface area contributed by atoms with E-state index in [1.54, 1.807) is 54.5 Å². The number of thiazole rings is 1. The fraction of sp³-hybridized carbons (Fsp3) is 0.429. The molecule has 0 bridgehead atoms. The molecular weight excluding hydrogens is 1050 g/mol. The van der Waals surface area contributed by atoms with E-state index in [1.165, 1.54) is 36.3 Å². The summed E-state index contributed by atoms with van der Waals surface area (Å²) in [7, 11) is 3.14. The van der Waals surface area contributed by atoms with E-state index in [-0.39, 0.29) is 47.2 Å². The van der Waals surface area contributed by atoms with Gasteiger partial charge in [0, 0.05) is 24.8 Å². The molecule has 0 atom stereocenters. The van der Waals surface area contributed by atoms with Crippen molar-refractivity contribution in [2.75, 3.05) is 45.6 Å². The normalized spacial score (nSPS) is 16.6. The molecule has 2 aliphatic carbocycles. The molecule has 0 spiro atoms. The summed E-state index contributed by atoms with van der Waals surface area (Å²) in [5.41, 5.74) is 2.51. The summed E-state index contributed by atoms with van der Waals surface area (Å²) >= 11 is 1.48. The molecule has 7 rings (SSSR count). The highest BCUT2D eigenvalue weighted by Crippen LogP contribution is 2.35. The van der Waals surface area contributed by atoms with Crippen molar-refractivity contribution in [3.8, 4) is 28.7 Å². The molecule has 0 unspecified atom stereocenters. The van der Waals surface area contributed by atoms with Crippen LogP contribution in [0, 0.1) is 30.6 Å². The largest absolute Gasteiger partial charge is 0.494 e. The summed E-state index contributed by atoms with van der Waals surface area (Å²) in [6.07, 6.45) is 15.4. The standard InChI is InChI=1S/C47H53N3O11S.C16H22O3/c1-4-42(51)58-28-10-6-5-9-27-57-36-21-23-37(24-22-36)59-44(53)32-17-19-33(20-18-32)45(54)60-38-25-26-40(61-46(55)34-15-13-31(14-16-34)43(52)56-3)35(29-38)30-48-50(2)47-49-39-11-7-8-12-41(39)62-47;1-3-16(17)19-13-7-5-4-6-12-18-15-10-8-14(2)9-11-15/h4,7-8,11-12,21-26,29-34H,1,5-6,9-10,13-20,27-28H2,2-3H3;3,8-11H,1,4-7,12-13H2,2H3/b48-30+;. The Balaban J connectivity index is 0.000000471. The molecule has 4 aromatic carbocycles. The van der Waals surface area contributed by atoms with Crippen LogP contribution in [0.4, 0.5) is 5.13 Å². The molecule has 2 aliphatic rings. The Morgan fingerprint density at radius 2 is 1.01 bits per heavy atom. The first-order valence-corrected chi connectivity index (χ1v) is 28.6. The predicted molar refractivity (Wildman–Crippen MR) is 310 cm³/mol. The van der Waals surface area contributed by atoms with Crippen molar-refractivity contribution < 1.29 is 66.7 Å². The van der Waals surface area contributed by atoms with E-state index >= 15 is 0 Å². The smallest absolute Gasteiger partial charge is 0.330 e. The van der Waals surface area contributed by atoms with E-state index in [1.807, 2.05) is 48.5 Å². The Labute approximate surface area is 478 Å². The summed E-state index contributed by atoms with van der Waals surface area (Å²) in [5, 5.41) is 6.88. The molecule has 0 saturated heterocycles. The third-order valence-corrected chi connectivity index (χ3v) is 14.9. The van der Waals surface area contributed by atoms with E-state index in [2.05, 4.69) is 30.2 Å². The second kappa shape index (κ2) is 33.7. The lowest BCUT2D eigenvalue weighted by atomic mass is 9.82. The molecule has 5 aromatic rings. The van der Waals surface area contributed by atoms with Gasteiger partial charge in [0.05, 0.1) is 73.6 Å². The molecule has 0 amide bonds. The van der Waals surface area contributed by atoms with E-state index in [0.29, 0.717) is 93.4 Å². The van der Waals surface area contributed by atoms with Crippen molar-refractivity contribution >= 4 is 68.7 Å². The maximum atomic E-state index is 13.4. The predicted octanol–water partition coefficient (Wildman–Crippen LogP) is 12.3. The number of hydrogen-bond donors (Lipinski definition) is 0. The zero-order chi connectivity index (χ0) is 57.8. The lowest BCUT2D eigenvalue weighted by molar-refractivity contribution is -0.149. The molecule has 18 heteroatoms. The number of benzene rings is 4. The molecule has 0 aliphatic heterocycles. The summed E-state index contributed by atoms with van der Waals surface area (Å²) in [4.78, 5) is 78.4. The quantitative estimate of drug-likeness (QED) is 0.00868. The number of nitrogens with zero attached hydrogens (tertiary/aromatic N) is 3. The van der Waals surface area contributed by atoms with Gasteiger partial charge in [-0.15, -0.1) is 0 Å². The van der Waals surface area contributed by atoms with Crippen molar-refractivity contribution in [1.29, 1.82) is 0 Å². The molecule has 0 radical (unpaired) electrons. The van der Waals surface area contributed by atoms with Crippen molar-refractivity contribution in [1.82, 2.24) is 4.98 Å². The fourth-order valence-corrected chi connectivity index (χ4v) is 9.95. The number of hydrogen-bond acceptors (Lipinski definition) is 18. The number of ether oxygens (including phenoxy) is 8. The average molecular weight is 1130 g/mol. The molecule has 1 heterocycles. The van der Waals surface area contributed by atoms with Crippen LogP contribution in [0.1, 0.15) is 114 Å². The first-order valence-electron chi connectivity index (χ1n) is 27.8. The van der Waals surface area contributed by atoms with Crippen LogP contribution >= 0.6 is 11.3 Å². The second-order valence-electron chi connectivity index (χ2n) is 19.9. The number of esters is 6. The molecular formula is C63H75N3O14S. The number of aromatic nitrogens is 1. The van der Waals surface area contributed by atoms with E-state index in [4.69, 9.17) is 37.9 Å². The molecule has 0 N–H and O–H groups in total. The van der Waals surface area contributed by atoms with Gasteiger partial charge in [0.25, 0.3) is 0 Å². The minimum absolute atomic E-state index is 0.227. The fourth-order valence-electron chi connectivity index (χ4n) is 9.06. The van der Waals surface area contributed by atoms with Gasteiger partial charge in [-0.05, 0) is 176 Å². The van der Waals surface area contributed by atoms with Crippen LogP contribution in [0.5, 0.6) is 28.7 Å². The highest BCUT2D eigenvalue weighted by molar-refractivity contribution is 7.22. The molecule has 2 saturated carbocycles. The molecule has 432 valence electrons. The first-order chi connectivity index (χ1) is 39.3. The molecule has 1 aromatic heterocycles. The topological polar surface area (TPSA) is 205 Å². The SMILES string of the molecule is C=CC(=O)OCCCCCCOc1ccc(C)cc1.C=CC(=O)OCCCCCCOc1ccc(OC(=O)C2CCC(C(=O)Oc3ccc(OC(=O)C4CCC(C(=O)OC)CC4)c(/C=N/N(C)c4nc5ccccc5s4)c3)CC2)cc1. The number of rotatable bonds is 28. The zero-order valence-corrected chi connectivity index (χ0v) is 47.5. The van der Waals surface area contributed by atoms with E-state index in [0.717, 1.165) is 80.0 Å². The highest BCUT2D eigenvalue weighted by Gasteiger charge is 2.34. The van der Waals surface area contributed by atoms with Crippen molar-refractivity contribution in [3.05, 3.63) is 127 Å². The Bertz CT molecular complexity index is 2840. The minimum atomic E-state index is -0.414. The van der Waals surface area contributed by atoms with Gasteiger partial charge in [-0.3, -0.25) is 19.2 Å². The summed E-state index contributed by atoms with van der Waals surface area (Å²) in [5.74, 6) is -1.02. The Morgan fingerprint density at radius 1 is 0.568 bits per heavy atom. The first kappa shape index (κ1) is 62.3. The molecule has 2 fully saturated rings. The number of carbonyl (C=O) groups excluding carboxylic acids is 6. The van der Waals surface area contributed by atoms with Crippen molar-refractivity contribution in [2.24, 2.45) is 28.8 Å². The summed E-state index contributed by atoms with van der Waals surface area (Å²) < 4.78 is 44.6. The van der Waals surface area contributed by atoms with Crippen LogP contribution in [-0.4, -0.2) is 87.6 Å². The summed E-state index contributed by atoms with van der Waals surface area (Å²) in [6, 6.07) is 27.6. The number of aryl methyl sites for hydroxylation is 1. The maximum Gasteiger partial charge on any atom is 0.330 e. The monoisotopic (exact) mass is 1130 g/mol. The molecule has 17 nitrogen and oxygen atoms in total. The number of methoxy groups -OCH3 is 1. The average Bonchev–Trinajstić information content (AvgIpc) is 4.02. The van der Waals surface area contributed by atoms with Crippen LogP contribution in [0.25, 0.3) is 10.2 Å². The third kappa shape index (κ3) is 21.3. The maximum absolute atomic E-state index is 13.4. The van der Waals surface area contributed by atoms with Gasteiger partial charge >= 0.3 is 35.8 Å². The van der Waals surface area contributed by atoms with Crippen molar-refractivity contribution in [3.63, 3.8) is 0 Å². The zero-order valence-electron chi connectivity index (χ0n) is 46.7. The molecule has 81 heavy (non-hydrogen) atoms. The van der Waals surface area contributed by atoms with Gasteiger partial charge in [0.15, 0.2) is 0 Å². The Hall–Kier alpha value is -7.86. The lowest BCUT2D eigenvalue weighted by Crippen LogP contribution is -2.30. The number of unbranched alkanes of at least 4 members (excludes halogenated alkanes) is 6. The van der Waals surface area contributed by atoms with E-state index in [9.17, 15) is 28.8 Å². The number of fused-ring (bicyclic) bond motifs is 1. The van der Waals surface area contributed by atoms with Gasteiger partial charge < -0.3 is 37.9 Å². The van der Waals surface area contributed by atoms with Crippen LogP contribution in [0.3, 0.4) is 0 Å². The van der Waals surface area contributed by atoms with Gasteiger partial charge in [0.2, 0.25) is 5.13 Å². The summed E-state index contributed by atoms with van der Waals surface area (Å²) in [6.45, 7) is 10.9. The van der Waals surface area contributed by atoms with Crippen LogP contribution in [-0.2, 0) is 43.0 Å². The minimum Gasteiger partial charge on any atom is -0.494 e. The van der Waals surface area contributed by atoms with Gasteiger partial charge in [-0.25, -0.2) is 19.6 Å². The van der Waals surface area contributed by atoms with Crippen LogP contribution in [0.15, 0.2) is 121 Å². The lowest BCUT2D eigenvalue weighted by Gasteiger charge is -2.26. The number of anilines is 1. The number of hydrazone groups is 1. The van der Waals surface area contributed by atoms with Crippen LogP contribution < -0.4 is 28.7 Å². The Morgan fingerprint density at radius 3 is 1.52 bits per heavy atom. The van der Waals surface area contributed by atoms with Gasteiger partial charge in [-0.2, -0.15) is 5.10 Å². The number of carbonyl (C=O) groups is 6. The number of para-hydroxylation sites is 1. The van der Waals surface area contributed by atoms with Gasteiger partial charge in [-0.1, -0.05) is 54.3 Å². The third-order valence-electron chi connectivity index (χ3n) is 13.8. The van der Waals surface area contributed by atoms with Crippen molar-refractivity contribution in [2.45, 2.75) is 110 Å². The Kier molecular flexibility index (Phi) is 25.9. The van der Waals surface area contributed by atoms with Crippen LogP contribution in [0.2, 0.25) is 0 Å². The van der Waals surface area contributed by atoms with E-state index < -0.39 is 23.8 Å². The highest BCUT2D eigenvalue weighted by atomic mass is 32.1. The van der Waals surface area contributed by atoms with Gasteiger partial charge in [0.1, 0.15) is 28.7 Å².